The lowest BCUT2D eigenvalue weighted by molar-refractivity contribution is 0.517. The van der Waals surface area contributed by atoms with E-state index in [-0.39, 0.29) is 0 Å². The van der Waals surface area contributed by atoms with Crippen molar-refractivity contribution in [2.75, 3.05) is 0 Å². The van der Waals surface area contributed by atoms with Crippen LogP contribution in [0.15, 0.2) is 35.8 Å². The molecule has 3 nitrogen and oxygen atoms in total. The summed E-state index contributed by atoms with van der Waals surface area (Å²) < 4.78 is 0. The van der Waals surface area contributed by atoms with Crippen molar-refractivity contribution in [3.8, 4) is 0 Å². The Bertz CT molecular complexity index is 698. The van der Waals surface area contributed by atoms with Crippen molar-refractivity contribution in [3.05, 3.63) is 52.1 Å². The van der Waals surface area contributed by atoms with Crippen molar-refractivity contribution in [2.24, 2.45) is 0 Å². The van der Waals surface area contributed by atoms with Gasteiger partial charge in [0, 0.05) is 34.7 Å². The van der Waals surface area contributed by atoms with Gasteiger partial charge in [0.05, 0.1) is 6.04 Å². The molecule has 0 amide bonds. The highest BCUT2D eigenvalue weighted by Gasteiger charge is 2.13. The number of nitrogens with one attached hydrogen (secondary N) is 2. The number of benzene rings is 1. The number of thiazole rings is 1. The van der Waals surface area contributed by atoms with Crippen molar-refractivity contribution in [1.82, 2.24) is 15.3 Å². The van der Waals surface area contributed by atoms with E-state index in [0.717, 1.165) is 18.7 Å². The molecule has 1 atom stereocenters. The highest BCUT2D eigenvalue weighted by molar-refractivity contribution is 7.09. The molecule has 0 saturated heterocycles. The van der Waals surface area contributed by atoms with E-state index in [2.05, 4.69) is 51.9 Å². The van der Waals surface area contributed by atoms with E-state index in [9.17, 15) is 0 Å². The van der Waals surface area contributed by atoms with Gasteiger partial charge in [-0.3, -0.25) is 0 Å². The first-order chi connectivity index (χ1) is 9.78. The van der Waals surface area contributed by atoms with Gasteiger partial charge in [-0.05, 0) is 31.0 Å². The number of H-pyrrole nitrogens is 1. The number of aryl methyl sites for hydroxylation is 1. The molecule has 104 valence electrons. The van der Waals surface area contributed by atoms with Crippen LogP contribution in [0.2, 0.25) is 0 Å². The number of rotatable bonds is 5. The average Bonchev–Trinajstić information content (AvgIpc) is 3.08. The maximum atomic E-state index is 4.60. The van der Waals surface area contributed by atoms with Gasteiger partial charge in [-0.25, -0.2) is 4.98 Å². The topological polar surface area (TPSA) is 40.7 Å². The van der Waals surface area contributed by atoms with Crippen molar-refractivity contribution in [3.63, 3.8) is 0 Å². The second-order valence-electron chi connectivity index (χ2n) is 5.02. The fraction of sp³-hybridized carbons (Fsp3) is 0.312. The fourth-order valence-corrected chi connectivity index (χ4v) is 3.43. The molecule has 1 aromatic carbocycles. The van der Waals surface area contributed by atoms with Gasteiger partial charge in [0.2, 0.25) is 0 Å². The van der Waals surface area contributed by atoms with Crippen molar-refractivity contribution in [1.29, 1.82) is 0 Å². The van der Waals surface area contributed by atoms with Crippen LogP contribution in [0.1, 0.15) is 35.7 Å². The molecule has 0 fully saturated rings. The van der Waals surface area contributed by atoms with Crippen LogP contribution in [-0.2, 0) is 6.54 Å². The van der Waals surface area contributed by atoms with Crippen LogP contribution in [0.25, 0.3) is 10.9 Å². The molecule has 2 aromatic heterocycles. The van der Waals surface area contributed by atoms with Gasteiger partial charge in [0.15, 0.2) is 0 Å². The number of hydrogen-bond acceptors (Lipinski definition) is 3. The summed E-state index contributed by atoms with van der Waals surface area (Å²) >= 11 is 1.74. The van der Waals surface area contributed by atoms with Crippen LogP contribution in [0.4, 0.5) is 0 Å². The number of aromatic amines is 1. The fourth-order valence-electron chi connectivity index (χ4n) is 2.48. The Balaban J connectivity index is 1.76. The molecule has 4 heteroatoms. The van der Waals surface area contributed by atoms with E-state index in [1.807, 2.05) is 13.1 Å². The maximum Gasteiger partial charge on any atom is 0.110 e. The predicted octanol–water partition coefficient (Wildman–Crippen LogP) is 4.17. The lowest BCUT2D eigenvalue weighted by Crippen LogP contribution is -2.20. The molecule has 0 aliphatic rings. The second kappa shape index (κ2) is 5.77. The third-order valence-electron chi connectivity index (χ3n) is 3.57. The average molecular weight is 285 g/mol. The van der Waals surface area contributed by atoms with Crippen LogP contribution >= 0.6 is 11.3 Å². The van der Waals surface area contributed by atoms with Crippen LogP contribution in [-0.4, -0.2) is 9.97 Å². The number of nitrogens with zero attached hydrogens (tertiary/aromatic N) is 1. The van der Waals surface area contributed by atoms with Gasteiger partial charge in [0.25, 0.3) is 0 Å². The van der Waals surface area contributed by atoms with Gasteiger partial charge in [-0.2, -0.15) is 0 Å². The van der Waals surface area contributed by atoms with Gasteiger partial charge in [-0.15, -0.1) is 11.3 Å². The number of aromatic nitrogens is 2. The van der Waals surface area contributed by atoms with Crippen molar-refractivity contribution in [2.45, 2.75) is 32.9 Å². The zero-order valence-corrected chi connectivity index (χ0v) is 12.6. The summed E-state index contributed by atoms with van der Waals surface area (Å²) in [4.78, 5) is 7.85. The van der Waals surface area contributed by atoms with Crippen LogP contribution < -0.4 is 5.32 Å². The second-order valence-corrected chi connectivity index (χ2v) is 5.91. The molecular weight excluding hydrogens is 266 g/mol. The molecule has 3 aromatic rings. The molecule has 0 radical (unpaired) electrons. The lowest BCUT2D eigenvalue weighted by Gasteiger charge is -2.15. The summed E-state index contributed by atoms with van der Waals surface area (Å²) in [6, 6.07) is 8.87. The zero-order valence-electron chi connectivity index (χ0n) is 11.8. The molecule has 20 heavy (non-hydrogen) atoms. The first-order valence-corrected chi connectivity index (χ1v) is 7.86. The maximum absolute atomic E-state index is 4.60. The summed E-state index contributed by atoms with van der Waals surface area (Å²) in [6.45, 7) is 5.12. The summed E-state index contributed by atoms with van der Waals surface area (Å²) in [6.07, 6.45) is 3.05. The zero-order chi connectivity index (χ0) is 13.9. The Kier molecular flexibility index (Phi) is 3.85. The molecule has 0 aliphatic heterocycles. The van der Waals surface area contributed by atoms with Gasteiger partial charge in [0.1, 0.15) is 5.01 Å². The summed E-state index contributed by atoms with van der Waals surface area (Å²) in [5, 5.41) is 8.23. The summed E-state index contributed by atoms with van der Waals surface area (Å²) in [7, 11) is 0. The number of fused-ring (bicyclic) bond motifs is 1. The molecule has 0 saturated carbocycles. The van der Waals surface area contributed by atoms with E-state index in [4.69, 9.17) is 0 Å². The third-order valence-corrected chi connectivity index (χ3v) is 4.64. The van der Waals surface area contributed by atoms with E-state index in [0.29, 0.717) is 6.04 Å². The Morgan fingerprint density at radius 2 is 2.25 bits per heavy atom. The minimum absolute atomic E-state index is 0.336. The van der Waals surface area contributed by atoms with Crippen molar-refractivity contribution < 1.29 is 0 Å². The highest BCUT2D eigenvalue weighted by Crippen LogP contribution is 2.23. The molecule has 0 aliphatic carbocycles. The lowest BCUT2D eigenvalue weighted by atomic mass is 10.1. The largest absolute Gasteiger partial charge is 0.361 e. The minimum Gasteiger partial charge on any atom is -0.361 e. The highest BCUT2D eigenvalue weighted by atomic mass is 32.1. The monoisotopic (exact) mass is 285 g/mol. The van der Waals surface area contributed by atoms with Gasteiger partial charge in [-0.1, -0.05) is 19.1 Å². The normalized spacial score (nSPS) is 12.9. The molecule has 3 rings (SSSR count). The smallest absolute Gasteiger partial charge is 0.110 e. The SMILES string of the molecule is CCC(NCc1cccc2[nH]ccc12)c1nc(C)cs1. The molecule has 2 N–H and O–H groups in total. The number of hydrogen-bond donors (Lipinski definition) is 2. The Hall–Kier alpha value is -1.65. The van der Waals surface area contributed by atoms with E-state index in [1.54, 1.807) is 11.3 Å². The quantitative estimate of drug-likeness (QED) is 0.738. The van der Waals surface area contributed by atoms with E-state index < -0.39 is 0 Å². The molecule has 0 spiro atoms. The van der Waals surface area contributed by atoms with Crippen molar-refractivity contribution >= 4 is 22.2 Å². The van der Waals surface area contributed by atoms with Gasteiger partial charge >= 0.3 is 0 Å². The molecule has 2 heterocycles. The van der Waals surface area contributed by atoms with E-state index >= 15 is 0 Å². The molecule has 1 unspecified atom stereocenters. The Labute approximate surface area is 123 Å². The summed E-state index contributed by atoms with van der Waals surface area (Å²) in [5.74, 6) is 0. The van der Waals surface area contributed by atoms with E-state index in [1.165, 1.54) is 21.5 Å². The predicted molar refractivity (Wildman–Crippen MR) is 85.0 cm³/mol. The first kappa shape index (κ1) is 13.3. The Morgan fingerprint density at radius 1 is 1.35 bits per heavy atom. The van der Waals surface area contributed by atoms with Gasteiger partial charge < -0.3 is 10.3 Å². The third kappa shape index (κ3) is 2.62. The standard InChI is InChI=1S/C16H19N3S/c1-3-14(16-19-11(2)10-20-16)18-9-12-5-4-6-15-13(12)7-8-17-15/h4-8,10,14,17-18H,3,9H2,1-2H3. The van der Waals surface area contributed by atoms with Crippen LogP contribution in [0.5, 0.6) is 0 Å². The Morgan fingerprint density at radius 3 is 3.00 bits per heavy atom. The molecular formula is C16H19N3S. The molecule has 0 bridgehead atoms. The summed E-state index contributed by atoms with van der Waals surface area (Å²) in [5.41, 5.74) is 3.64. The van der Waals surface area contributed by atoms with Crippen LogP contribution in [0, 0.1) is 6.92 Å². The first-order valence-electron chi connectivity index (χ1n) is 6.98. The van der Waals surface area contributed by atoms with Crippen LogP contribution in [0.3, 0.4) is 0 Å². The minimum atomic E-state index is 0.336.